The fourth-order valence-electron chi connectivity index (χ4n) is 1.95. The van der Waals surface area contributed by atoms with Crippen LogP contribution in [-0.4, -0.2) is 16.8 Å². The molecular formula is C12H12Br2FN3. The van der Waals surface area contributed by atoms with Gasteiger partial charge in [0.15, 0.2) is 0 Å². The van der Waals surface area contributed by atoms with Gasteiger partial charge in [-0.2, -0.15) is 5.10 Å². The van der Waals surface area contributed by atoms with Crippen LogP contribution in [0.4, 0.5) is 4.39 Å². The van der Waals surface area contributed by atoms with Crippen molar-refractivity contribution in [3.63, 3.8) is 0 Å². The molecule has 18 heavy (non-hydrogen) atoms. The molecule has 0 radical (unpaired) electrons. The van der Waals surface area contributed by atoms with Crippen LogP contribution in [0, 0.1) is 5.82 Å². The minimum atomic E-state index is -0.266. The van der Waals surface area contributed by atoms with Gasteiger partial charge in [0.2, 0.25) is 0 Å². The Morgan fingerprint density at radius 2 is 2.06 bits per heavy atom. The van der Waals surface area contributed by atoms with Gasteiger partial charge in [0.1, 0.15) is 5.82 Å². The van der Waals surface area contributed by atoms with E-state index in [1.54, 1.807) is 10.9 Å². The highest BCUT2D eigenvalue weighted by atomic mass is 79.9. The summed E-state index contributed by atoms with van der Waals surface area (Å²) in [5.74, 6) is -0.266. The van der Waals surface area contributed by atoms with Gasteiger partial charge in [-0.25, -0.2) is 4.39 Å². The Hall–Kier alpha value is -0.720. The highest BCUT2D eigenvalue weighted by Gasteiger charge is 2.20. The molecule has 1 aromatic heterocycles. The molecule has 96 valence electrons. The van der Waals surface area contributed by atoms with Gasteiger partial charge in [0.25, 0.3) is 0 Å². The average Bonchev–Trinajstić information content (AvgIpc) is 2.61. The monoisotopic (exact) mass is 375 g/mol. The summed E-state index contributed by atoms with van der Waals surface area (Å²) in [7, 11) is 3.70. The highest BCUT2D eigenvalue weighted by Crippen LogP contribution is 2.29. The number of aromatic nitrogens is 2. The van der Waals surface area contributed by atoms with E-state index < -0.39 is 0 Å². The van der Waals surface area contributed by atoms with E-state index in [0.717, 1.165) is 20.2 Å². The first-order valence-corrected chi connectivity index (χ1v) is 6.92. The zero-order chi connectivity index (χ0) is 13.3. The standard InChI is InChI=1S/C12H12Br2FN3/c1-16-11(12-10(14)6-17-18(12)2)7-3-8(13)5-9(15)4-7/h3-6,11,16H,1-2H3. The molecule has 2 rings (SSSR count). The lowest BCUT2D eigenvalue weighted by Gasteiger charge is -2.18. The Morgan fingerprint density at radius 3 is 2.56 bits per heavy atom. The minimum Gasteiger partial charge on any atom is -0.308 e. The molecular weight excluding hydrogens is 365 g/mol. The third-order valence-electron chi connectivity index (χ3n) is 2.72. The van der Waals surface area contributed by atoms with E-state index in [0.29, 0.717) is 0 Å². The molecule has 3 nitrogen and oxygen atoms in total. The van der Waals surface area contributed by atoms with Crippen molar-refractivity contribution in [3.8, 4) is 0 Å². The predicted octanol–water partition coefficient (Wildman–Crippen LogP) is 3.39. The van der Waals surface area contributed by atoms with Gasteiger partial charge < -0.3 is 5.32 Å². The molecule has 0 fully saturated rings. The third kappa shape index (κ3) is 2.65. The second-order valence-electron chi connectivity index (χ2n) is 3.93. The Bertz CT molecular complexity index is 529. The summed E-state index contributed by atoms with van der Waals surface area (Å²) >= 11 is 6.77. The molecule has 6 heteroatoms. The first-order valence-electron chi connectivity index (χ1n) is 5.33. The van der Waals surface area contributed by atoms with Crippen molar-refractivity contribution < 1.29 is 4.39 Å². The van der Waals surface area contributed by atoms with E-state index in [9.17, 15) is 4.39 Å². The van der Waals surface area contributed by atoms with Crippen molar-refractivity contribution in [2.75, 3.05) is 7.05 Å². The normalized spacial score (nSPS) is 12.7. The molecule has 1 aromatic carbocycles. The van der Waals surface area contributed by atoms with E-state index in [4.69, 9.17) is 0 Å². The molecule has 0 bridgehead atoms. The number of nitrogens with one attached hydrogen (secondary N) is 1. The highest BCUT2D eigenvalue weighted by molar-refractivity contribution is 9.10. The van der Waals surface area contributed by atoms with Gasteiger partial charge in [-0.15, -0.1) is 0 Å². The fraction of sp³-hybridized carbons (Fsp3) is 0.250. The fourth-order valence-corrected chi connectivity index (χ4v) is 3.01. The van der Waals surface area contributed by atoms with Crippen molar-refractivity contribution in [1.82, 2.24) is 15.1 Å². The van der Waals surface area contributed by atoms with Crippen LogP contribution in [0.25, 0.3) is 0 Å². The first-order chi connectivity index (χ1) is 8.52. The van der Waals surface area contributed by atoms with E-state index in [1.807, 2.05) is 20.2 Å². The molecule has 2 aromatic rings. The first kappa shape index (κ1) is 13.7. The van der Waals surface area contributed by atoms with Crippen LogP contribution in [0.3, 0.4) is 0 Å². The van der Waals surface area contributed by atoms with Crippen molar-refractivity contribution in [1.29, 1.82) is 0 Å². The smallest absolute Gasteiger partial charge is 0.124 e. The van der Waals surface area contributed by atoms with Gasteiger partial charge in [-0.1, -0.05) is 15.9 Å². The van der Waals surface area contributed by atoms with Gasteiger partial charge >= 0.3 is 0 Å². The predicted molar refractivity (Wildman–Crippen MR) is 75.9 cm³/mol. The van der Waals surface area contributed by atoms with Gasteiger partial charge in [-0.3, -0.25) is 4.68 Å². The molecule has 1 heterocycles. The second-order valence-corrected chi connectivity index (χ2v) is 5.70. The number of hydrogen-bond donors (Lipinski definition) is 1. The summed E-state index contributed by atoms with van der Waals surface area (Å²) in [4.78, 5) is 0. The van der Waals surface area contributed by atoms with E-state index in [1.165, 1.54) is 12.1 Å². The SMILES string of the molecule is CNC(c1cc(F)cc(Br)c1)c1c(Br)cnn1C. The molecule has 0 aliphatic carbocycles. The van der Waals surface area contributed by atoms with E-state index >= 15 is 0 Å². The summed E-state index contributed by atoms with van der Waals surface area (Å²) in [6, 6.07) is 4.72. The van der Waals surface area contributed by atoms with Crippen LogP contribution in [0.1, 0.15) is 17.3 Å². The Labute approximate surface area is 122 Å². The van der Waals surface area contributed by atoms with E-state index in [-0.39, 0.29) is 11.9 Å². The lowest BCUT2D eigenvalue weighted by molar-refractivity contribution is 0.589. The molecule has 0 saturated carbocycles. The maximum Gasteiger partial charge on any atom is 0.124 e. The van der Waals surface area contributed by atoms with Crippen LogP contribution in [0.5, 0.6) is 0 Å². The third-order valence-corrected chi connectivity index (χ3v) is 3.79. The van der Waals surface area contributed by atoms with Crippen molar-refractivity contribution >= 4 is 31.9 Å². The average molecular weight is 377 g/mol. The number of rotatable bonds is 3. The molecule has 0 saturated heterocycles. The Balaban J connectivity index is 2.52. The summed E-state index contributed by atoms with van der Waals surface area (Å²) in [6.45, 7) is 0. The van der Waals surface area contributed by atoms with Crippen molar-refractivity contribution in [3.05, 3.63) is 50.4 Å². The number of hydrogen-bond acceptors (Lipinski definition) is 2. The van der Waals surface area contributed by atoms with Gasteiger partial charge in [-0.05, 0) is 46.7 Å². The van der Waals surface area contributed by atoms with Crippen LogP contribution in [0.2, 0.25) is 0 Å². The number of halogens is 3. The van der Waals surface area contributed by atoms with Crippen LogP contribution in [0.15, 0.2) is 33.3 Å². The molecule has 0 amide bonds. The Morgan fingerprint density at radius 1 is 1.33 bits per heavy atom. The maximum atomic E-state index is 13.5. The quantitative estimate of drug-likeness (QED) is 0.889. The molecule has 0 aliphatic rings. The summed E-state index contributed by atoms with van der Waals surface area (Å²) in [6.07, 6.45) is 1.73. The van der Waals surface area contributed by atoms with Gasteiger partial charge in [0, 0.05) is 11.5 Å². The molecule has 1 unspecified atom stereocenters. The lowest BCUT2D eigenvalue weighted by atomic mass is 10.0. The van der Waals surface area contributed by atoms with Crippen molar-refractivity contribution in [2.45, 2.75) is 6.04 Å². The van der Waals surface area contributed by atoms with E-state index in [2.05, 4.69) is 42.3 Å². The van der Waals surface area contributed by atoms with Crippen LogP contribution in [-0.2, 0) is 7.05 Å². The zero-order valence-corrected chi connectivity index (χ0v) is 13.1. The van der Waals surface area contributed by atoms with Crippen LogP contribution >= 0.6 is 31.9 Å². The summed E-state index contributed by atoms with van der Waals surface area (Å²) < 4.78 is 16.9. The topological polar surface area (TPSA) is 29.9 Å². The summed E-state index contributed by atoms with van der Waals surface area (Å²) in [5.41, 5.74) is 1.80. The molecule has 1 atom stereocenters. The lowest BCUT2D eigenvalue weighted by Crippen LogP contribution is -2.21. The number of nitrogens with zero attached hydrogens (tertiary/aromatic N) is 2. The minimum absolute atomic E-state index is 0.126. The second kappa shape index (κ2) is 5.50. The molecule has 1 N–H and O–H groups in total. The number of aryl methyl sites for hydroxylation is 1. The zero-order valence-electron chi connectivity index (χ0n) is 9.92. The summed E-state index contributed by atoms with van der Waals surface area (Å²) in [5, 5.41) is 7.36. The maximum absolute atomic E-state index is 13.5. The Kier molecular flexibility index (Phi) is 4.19. The molecule has 0 aliphatic heterocycles. The molecule has 0 spiro atoms. The number of benzene rings is 1. The van der Waals surface area contributed by atoms with Crippen molar-refractivity contribution in [2.24, 2.45) is 7.05 Å². The van der Waals surface area contributed by atoms with Gasteiger partial charge in [0.05, 0.1) is 22.4 Å². The largest absolute Gasteiger partial charge is 0.308 e. The van der Waals surface area contributed by atoms with Crippen LogP contribution < -0.4 is 5.32 Å².